The highest BCUT2D eigenvalue weighted by Gasteiger charge is 2.42. The molecule has 1 N–H and O–H groups in total. The number of carboxylic acid groups (broad SMARTS) is 1. The number of ether oxygens (including phenoxy) is 1. The lowest BCUT2D eigenvalue weighted by Crippen LogP contribution is -2.52. The number of rotatable bonds is 4. The molecule has 9 heteroatoms. The summed E-state index contributed by atoms with van der Waals surface area (Å²) in [6, 6.07) is 1.32. The lowest BCUT2D eigenvalue weighted by Gasteiger charge is -2.35. The summed E-state index contributed by atoms with van der Waals surface area (Å²) in [4.78, 5) is 22.0. The lowest BCUT2D eigenvalue weighted by molar-refractivity contribution is -0.145. The third-order valence-corrected chi connectivity index (χ3v) is 5.71. The second kappa shape index (κ2) is 4.91. The van der Waals surface area contributed by atoms with Gasteiger partial charge in [-0.3, -0.25) is 4.79 Å². The van der Waals surface area contributed by atoms with Gasteiger partial charge in [-0.15, -0.1) is 11.3 Å². The summed E-state index contributed by atoms with van der Waals surface area (Å²) >= 11 is 0.971. The molecule has 104 valence electrons. The van der Waals surface area contributed by atoms with E-state index in [1.54, 1.807) is 0 Å². The van der Waals surface area contributed by atoms with E-state index in [-0.39, 0.29) is 22.9 Å². The van der Waals surface area contributed by atoms with Gasteiger partial charge in [0, 0.05) is 13.1 Å². The molecule has 0 amide bonds. The molecule has 19 heavy (non-hydrogen) atoms. The number of sulfonamides is 1. The van der Waals surface area contributed by atoms with Crippen molar-refractivity contribution in [1.29, 1.82) is 0 Å². The van der Waals surface area contributed by atoms with Gasteiger partial charge in [-0.2, -0.15) is 4.31 Å². The normalized spacial score (nSPS) is 16.9. The molecule has 1 aliphatic heterocycles. The van der Waals surface area contributed by atoms with Crippen LogP contribution in [0.25, 0.3) is 0 Å². The van der Waals surface area contributed by atoms with Gasteiger partial charge in [0.2, 0.25) is 10.0 Å². The number of nitrogens with zero attached hydrogens (tertiary/aromatic N) is 1. The number of aliphatic carboxylic acids is 1. The summed E-state index contributed by atoms with van der Waals surface area (Å²) in [5.41, 5.74) is 0. The highest BCUT2D eigenvalue weighted by Crippen LogP contribution is 2.30. The number of methoxy groups -OCH3 is 1. The maximum Gasteiger partial charge on any atom is 0.349 e. The van der Waals surface area contributed by atoms with Crippen molar-refractivity contribution in [3.05, 3.63) is 16.3 Å². The first-order chi connectivity index (χ1) is 8.87. The van der Waals surface area contributed by atoms with E-state index in [0.29, 0.717) is 0 Å². The predicted octanol–water partition coefficient (Wildman–Crippen LogP) is 0.240. The third-order valence-electron chi connectivity index (χ3n) is 2.81. The molecule has 1 aliphatic rings. The van der Waals surface area contributed by atoms with Crippen LogP contribution < -0.4 is 0 Å². The molecule has 7 nitrogen and oxygen atoms in total. The van der Waals surface area contributed by atoms with E-state index in [1.165, 1.54) is 18.6 Å². The first-order valence-corrected chi connectivity index (χ1v) is 7.58. The van der Waals surface area contributed by atoms with Crippen LogP contribution in [0.2, 0.25) is 0 Å². The van der Waals surface area contributed by atoms with Crippen molar-refractivity contribution < 1.29 is 27.9 Å². The highest BCUT2D eigenvalue weighted by molar-refractivity contribution is 7.89. The fourth-order valence-electron chi connectivity index (χ4n) is 1.67. The molecule has 0 atom stereocenters. The second-order valence-electron chi connectivity index (χ2n) is 3.96. The van der Waals surface area contributed by atoms with Crippen molar-refractivity contribution in [2.45, 2.75) is 4.90 Å². The van der Waals surface area contributed by atoms with Crippen LogP contribution in [-0.4, -0.2) is 50.0 Å². The Morgan fingerprint density at radius 1 is 1.47 bits per heavy atom. The van der Waals surface area contributed by atoms with Crippen molar-refractivity contribution >= 4 is 33.3 Å². The summed E-state index contributed by atoms with van der Waals surface area (Å²) in [5.74, 6) is -2.43. The van der Waals surface area contributed by atoms with Crippen LogP contribution >= 0.6 is 11.3 Å². The maximum atomic E-state index is 12.2. The van der Waals surface area contributed by atoms with Crippen LogP contribution in [0.5, 0.6) is 0 Å². The molecule has 1 aromatic rings. The van der Waals surface area contributed by atoms with E-state index >= 15 is 0 Å². The van der Waals surface area contributed by atoms with Crippen molar-refractivity contribution in [2.24, 2.45) is 5.92 Å². The van der Waals surface area contributed by atoms with Crippen LogP contribution in [0.4, 0.5) is 0 Å². The first kappa shape index (κ1) is 14.0. The SMILES string of the molecule is COC(=O)c1sccc1S(=O)(=O)N1CC(C(=O)O)C1. The number of carbonyl (C=O) groups is 2. The van der Waals surface area contributed by atoms with Crippen molar-refractivity contribution in [2.75, 3.05) is 20.2 Å². The summed E-state index contributed by atoms with van der Waals surface area (Å²) in [6.45, 7) is -0.151. The maximum absolute atomic E-state index is 12.2. The smallest absolute Gasteiger partial charge is 0.349 e. The van der Waals surface area contributed by atoms with Gasteiger partial charge in [0.1, 0.15) is 9.77 Å². The predicted molar refractivity (Wildman–Crippen MR) is 65.5 cm³/mol. The number of hydrogen-bond donors (Lipinski definition) is 1. The number of thiophene rings is 1. The topological polar surface area (TPSA) is 101 Å². The first-order valence-electron chi connectivity index (χ1n) is 5.26. The fourth-order valence-corrected chi connectivity index (χ4v) is 4.51. The van der Waals surface area contributed by atoms with Crippen LogP contribution in [-0.2, 0) is 19.6 Å². The van der Waals surface area contributed by atoms with Gasteiger partial charge in [-0.1, -0.05) is 0 Å². The Labute approximate surface area is 113 Å². The minimum absolute atomic E-state index is 0.00118. The van der Waals surface area contributed by atoms with Gasteiger partial charge in [0.15, 0.2) is 0 Å². The third kappa shape index (κ3) is 2.36. The van der Waals surface area contributed by atoms with E-state index in [2.05, 4.69) is 4.74 Å². The van der Waals surface area contributed by atoms with Gasteiger partial charge >= 0.3 is 11.9 Å². The minimum Gasteiger partial charge on any atom is -0.481 e. The Morgan fingerprint density at radius 3 is 2.63 bits per heavy atom. The van der Waals surface area contributed by atoms with Crippen LogP contribution in [0.3, 0.4) is 0 Å². The van der Waals surface area contributed by atoms with Gasteiger partial charge < -0.3 is 9.84 Å². The Hall–Kier alpha value is -1.45. The Balaban J connectivity index is 2.25. The fraction of sp³-hybridized carbons (Fsp3) is 0.400. The van der Waals surface area contributed by atoms with Crippen LogP contribution in [0, 0.1) is 5.92 Å². The Morgan fingerprint density at radius 2 is 2.11 bits per heavy atom. The number of carboxylic acids is 1. The molecule has 0 bridgehead atoms. The summed E-state index contributed by atoms with van der Waals surface area (Å²) in [7, 11) is -2.66. The van der Waals surface area contributed by atoms with Gasteiger partial charge in [-0.25, -0.2) is 13.2 Å². The molecule has 1 fully saturated rings. The van der Waals surface area contributed by atoms with Crippen LogP contribution in [0.15, 0.2) is 16.3 Å². The van der Waals surface area contributed by atoms with E-state index in [0.717, 1.165) is 15.6 Å². The van der Waals surface area contributed by atoms with Gasteiger partial charge in [0.05, 0.1) is 13.0 Å². The quantitative estimate of drug-likeness (QED) is 0.800. The molecule has 0 radical (unpaired) electrons. The van der Waals surface area contributed by atoms with Crippen molar-refractivity contribution in [3.63, 3.8) is 0 Å². The molecule has 1 saturated heterocycles. The average Bonchev–Trinajstić information content (AvgIpc) is 2.74. The molecule has 0 aliphatic carbocycles. The molecule has 0 saturated carbocycles. The standard InChI is InChI=1S/C10H11NO6S2/c1-17-10(14)8-7(2-3-18-8)19(15,16)11-4-6(5-11)9(12)13/h2-3,6H,4-5H2,1H3,(H,12,13). The molecule has 0 aromatic carbocycles. The monoisotopic (exact) mass is 305 g/mol. The number of carbonyl (C=O) groups excluding carboxylic acids is 1. The Bertz CT molecular complexity index is 614. The Kier molecular flexibility index (Phi) is 3.61. The van der Waals surface area contributed by atoms with E-state index in [4.69, 9.17) is 5.11 Å². The summed E-state index contributed by atoms with van der Waals surface area (Å²) in [6.07, 6.45) is 0. The molecular weight excluding hydrogens is 294 g/mol. The van der Waals surface area contributed by atoms with Crippen LogP contribution in [0.1, 0.15) is 9.67 Å². The van der Waals surface area contributed by atoms with Gasteiger partial charge in [-0.05, 0) is 11.4 Å². The molecule has 2 rings (SSSR count). The van der Waals surface area contributed by atoms with E-state index < -0.39 is 27.9 Å². The van der Waals surface area contributed by atoms with Gasteiger partial charge in [0.25, 0.3) is 0 Å². The second-order valence-corrected chi connectivity index (χ2v) is 6.79. The number of esters is 1. The largest absolute Gasteiger partial charge is 0.481 e. The molecular formula is C10H11NO6S2. The zero-order chi connectivity index (χ0) is 14.2. The molecule has 2 heterocycles. The van der Waals surface area contributed by atoms with Crippen molar-refractivity contribution in [1.82, 2.24) is 4.31 Å². The average molecular weight is 305 g/mol. The zero-order valence-corrected chi connectivity index (χ0v) is 11.5. The summed E-state index contributed by atoms with van der Waals surface area (Å²) in [5, 5.41) is 10.2. The molecule has 0 spiro atoms. The summed E-state index contributed by atoms with van der Waals surface area (Å²) < 4.78 is 30.0. The highest BCUT2D eigenvalue weighted by atomic mass is 32.2. The molecule has 0 unspecified atom stereocenters. The molecule has 1 aromatic heterocycles. The van der Waals surface area contributed by atoms with E-state index in [9.17, 15) is 18.0 Å². The van der Waals surface area contributed by atoms with Crippen molar-refractivity contribution in [3.8, 4) is 0 Å². The lowest BCUT2D eigenvalue weighted by atomic mass is 10.0. The van der Waals surface area contributed by atoms with E-state index in [1.807, 2.05) is 0 Å². The number of hydrogen-bond acceptors (Lipinski definition) is 6. The minimum atomic E-state index is -3.83. The zero-order valence-electron chi connectivity index (χ0n) is 9.90.